The van der Waals surface area contributed by atoms with Crippen LogP contribution in [0.1, 0.15) is 10.6 Å². The molecule has 3 rings (SSSR count). The number of rotatable bonds is 6. The smallest absolute Gasteiger partial charge is 0.319 e. The molecule has 0 bridgehead atoms. The monoisotopic (exact) mass is 417 g/mol. The molecule has 0 unspecified atom stereocenters. The van der Waals surface area contributed by atoms with Gasteiger partial charge in [-0.15, -0.1) is 11.3 Å². The summed E-state index contributed by atoms with van der Waals surface area (Å²) in [5.41, 5.74) is 2.33. The molecular weight excluding hydrogens is 398 g/mol. The molecule has 0 aliphatic rings. The summed E-state index contributed by atoms with van der Waals surface area (Å²) in [7, 11) is 3.11. The van der Waals surface area contributed by atoms with Crippen LogP contribution < -0.4 is 20.1 Å². The topological polar surface area (TPSA) is 72.5 Å². The third-order valence-electron chi connectivity index (χ3n) is 4.02. The van der Waals surface area contributed by atoms with Gasteiger partial charge in [-0.2, -0.15) is 0 Å². The summed E-state index contributed by atoms with van der Waals surface area (Å²) in [6.45, 7) is 2.28. The first kappa shape index (κ1) is 20.0. The van der Waals surface area contributed by atoms with Gasteiger partial charge < -0.3 is 20.1 Å². The molecule has 2 N–H and O–H groups in total. The minimum Gasteiger partial charge on any atom is -0.497 e. The molecule has 0 atom stereocenters. The van der Waals surface area contributed by atoms with E-state index in [1.165, 1.54) is 11.3 Å². The normalized spacial score (nSPS) is 10.4. The van der Waals surface area contributed by atoms with Gasteiger partial charge in [0.25, 0.3) is 0 Å². The fourth-order valence-electron chi connectivity index (χ4n) is 2.56. The lowest BCUT2D eigenvalue weighted by molar-refractivity contribution is 0.252. The first-order valence-electron chi connectivity index (χ1n) is 8.49. The van der Waals surface area contributed by atoms with Crippen LogP contribution in [-0.2, 0) is 6.54 Å². The molecule has 0 spiro atoms. The quantitative estimate of drug-likeness (QED) is 0.584. The minimum atomic E-state index is -0.331. The van der Waals surface area contributed by atoms with Crippen molar-refractivity contribution >= 4 is 34.7 Å². The van der Waals surface area contributed by atoms with E-state index in [0.717, 1.165) is 21.1 Å². The van der Waals surface area contributed by atoms with E-state index in [-0.39, 0.29) is 6.03 Å². The number of halogens is 1. The van der Waals surface area contributed by atoms with Crippen molar-refractivity contribution < 1.29 is 14.3 Å². The fourth-order valence-corrected chi connectivity index (χ4v) is 3.88. The van der Waals surface area contributed by atoms with Gasteiger partial charge in [-0.25, -0.2) is 9.78 Å². The minimum absolute atomic E-state index is 0.331. The van der Waals surface area contributed by atoms with Crippen LogP contribution in [0.3, 0.4) is 0 Å². The van der Waals surface area contributed by atoms with Crippen molar-refractivity contribution in [3.05, 3.63) is 58.1 Å². The molecule has 6 nitrogen and oxygen atoms in total. The number of nitrogens with zero attached hydrogens (tertiary/aromatic N) is 1. The predicted molar refractivity (Wildman–Crippen MR) is 113 cm³/mol. The summed E-state index contributed by atoms with van der Waals surface area (Å²) in [4.78, 5) is 17.8. The Kier molecular flexibility index (Phi) is 6.38. The maximum Gasteiger partial charge on any atom is 0.319 e. The number of anilines is 1. The number of carbonyl (C=O) groups is 1. The van der Waals surface area contributed by atoms with Crippen molar-refractivity contribution in [3.8, 4) is 22.1 Å². The summed E-state index contributed by atoms with van der Waals surface area (Å²) < 4.78 is 10.4. The zero-order chi connectivity index (χ0) is 20.1. The highest BCUT2D eigenvalue weighted by Crippen LogP contribution is 2.32. The molecule has 1 aromatic heterocycles. The van der Waals surface area contributed by atoms with Gasteiger partial charge in [0.2, 0.25) is 0 Å². The average Bonchev–Trinajstić information content (AvgIpc) is 3.06. The van der Waals surface area contributed by atoms with E-state index >= 15 is 0 Å². The molecule has 0 fully saturated rings. The summed E-state index contributed by atoms with van der Waals surface area (Å²) >= 11 is 7.76. The number of nitrogens with one attached hydrogen (secondary N) is 2. The number of thiazole rings is 1. The first-order chi connectivity index (χ1) is 13.5. The molecule has 0 aliphatic heterocycles. The molecule has 2 aromatic carbocycles. The van der Waals surface area contributed by atoms with E-state index in [0.29, 0.717) is 28.8 Å². The first-order valence-corrected chi connectivity index (χ1v) is 9.68. The lowest BCUT2D eigenvalue weighted by Crippen LogP contribution is -2.28. The highest BCUT2D eigenvalue weighted by molar-refractivity contribution is 7.15. The Morgan fingerprint density at radius 1 is 1.14 bits per heavy atom. The Bertz CT molecular complexity index is 968. The van der Waals surface area contributed by atoms with Crippen molar-refractivity contribution in [2.45, 2.75) is 13.5 Å². The molecular formula is C20H20ClN3O3S. The van der Waals surface area contributed by atoms with Crippen LogP contribution in [0.5, 0.6) is 11.5 Å². The highest BCUT2D eigenvalue weighted by Gasteiger charge is 2.13. The van der Waals surface area contributed by atoms with Gasteiger partial charge >= 0.3 is 6.03 Å². The van der Waals surface area contributed by atoms with Gasteiger partial charge in [-0.1, -0.05) is 29.8 Å². The number of benzene rings is 2. The lowest BCUT2D eigenvalue weighted by atomic mass is 10.2. The largest absolute Gasteiger partial charge is 0.497 e. The number of aromatic nitrogens is 1. The summed E-state index contributed by atoms with van der Waals surface area (Å²) in [6.07, 6.45) is 0. The molecule has 0 radical (unpaired) electrons. The fraction of sp³-hybridized carbons (Fsp3) is 0.200. The number of ether oxygens (including phenoxy) is 2. The second-order valence-corrected chi connectivity index (χ2v) is 7.41. The van der Waals surface area contributed by atoms with Gasteiger partial charge in [-0.3, -0.25) is 0 Å². The Morgan fingerprint density at radius 3 is 2.46 bits per heavy atom. The van der Waals surface area contributed by atoms with Gasteiger partial charge in [0.15, 0.2) is 0 Å². The Hall–Kier alpha value is -2.77. The third kappa shape index (κ3) is 4.74. The van der Waals surface area contributed by atoms with E-state index < -0.39 is 0 Å². The van der Waals surface area contributed by atoms with E-state index in [1.54, 1.807) is 32.4 Å². The lowest BCUT2D eigenvalue weighted by Gasteiger charge is -2.10. The van der Waals surface area contributed by atoms with Gasteiger partial charge in [0.1, 0.15) is 16.5 Å². The second kappa shape index (κ2) is 8.95. The average molecular weight is 418 g/mol. The SMILES string of the molecule is COc1cc(NC(=O)NCc2sc(-c3ccccc3Cl)nc2C)cc(OC)c1. The summed E-state index contributed by atoms with van der Waals surface area (Å²) in [5.74, 6) is 1.19. The summed E-state index contributed by atoms with van der Waals surface area (Å²) in [5, 5.41) is 7.11. The van der Waals surface area contributed by atoms with Crippen LogP contribution >= 0.6 is 22.9 Å². The molecule has 2 amide bonds. The zero-order valence-electron chi connectivity index (χ0n) is 15.7. The number of hydrogen-bond donors (Lipinski definition) is 2. The maximum absolute atomic E-state index is 12.3. The van der Waals surface area contributed by atoms with Crippen LogP contribution in [-0.4, -0.2) is 25.2 Å². The van der Waals surface area contributed by atoms with Crippen molar-refractivity contribution in [2.24, 2.45) is 0 Å². The van der Waals surface area contributed by atoms with Crippen molar-refractivity contribution in [1.29, 1.82) is 0 Å². The Balaban J connectivity index is 1.66. The Morgan fingerprint density at radius 2 is 1.82 bits per heavy atom. The van der Waals surface area contributed by atoms with Crippen LogP contribution in [0.15, 0.2) is 42.5 Å². The zero-order valence-corrected chi connectivity index (χ0v) is 17.3. The molecule has 8 heteroatoms. The van der Waals surface area contributed by atoms with Crippen LogP contribution in [0.2, 0.25) is 5.02 Å². The van der Waals surface area contributed by atoms with Crippen LogP contribution in [0.25, 0.3) is 10.6 Å². The summed E-state index contributed by atoms with van der Waals surface area (Å²) in [6, 6.07) is 12.4. The maximum atomic E-state index is 12.3. The van der Waals surface area contributed by atoms with E-state index in [1.807, 2.05) is 31.2 Å². The van der Waals surface area contributed by atoms with Crippen LogP contribution in [0.4, 0.5) is 10.5 Å². The molecule has 1 heterocycles. The van der Waals surface area contributed by atoms with Crippen molar-refractivity contribution in [2.75, 3.05) is 19.5 Å². The highest BCUT2D eigenvalue weighted by atomic mass is 35.5. The number of aryl methyl sites for hydroxylation is 1. The molecule has 0 saturated carbocycles. The van der Waals surface area contributed by atoms with E-state index in [2.05, 4.69) is 15.6 Å². The van der Waals surface area contributed by atoms with E-state index in [4.69, 9.17) is 21.1 Å². The van der Waals surface area contributed by atoms with Crippen molar-refractivity contribution in [3.63, 3.8) is 0 Å². The number of carbonyl (C=O) groups excluding carboxylic acids is 1. The number of urea groups is 1. The molecule has 146 valence electrons. The van der Waals surface area contributed by atoms with Gasteiger partial charge in [0, 0.05) is 34.3 Å². The van der Waals surface area contributed by atoms with Crippen LogP contribution in [0, 0.1) is 6.92 Å². The van der Waals surface area contributed by atoms with E-state index in [9.17, 15) is 4.79 Å². The Labute approximate surface area is 172 Å². The number of methoxy groups -OCH3 is 2. The van der Waals surface area contributed by atoms with Gasteiger partial charge in [-0.05, 0) is 13.0 Å². The second-order valence-electron chi connectivity index (χ2n) is 5.92. The molecule has 0 aliphatic carbocycles. The molecule has 3 aromatic rings. The standard InChI is InChI=1S/C20H20ClN3O3S/c1-12-18(28-19(23-12)16-6-4-5-7-17(16)21)11-22-20(25)24-13-8-14(26-2)10-15(9-13)27-3/h4-10H,11H2,1-3H3,(H2,22,24,25). The number of hydrogen-bond acceptors (Lipinski definition) is 5. The molecule has 0 saturated heterocycles. The number of amides is 2. The third-order valence-corrected chi connectivity index (χ3v) is 5.54. The molecule has 28 heavy (non-hydrogen) atoms. The predicted octanol–water partition coefficient (Wildman–Crippen LogP) is 5.11. The van der Waals surface area contributed by atoms with Crippen molar-refractivity contribution in [1.82, 2.24) is 10.3 Å². The van der Waals surface area contributed by atoms with Gasteiger partial charge in [0.05, 0.1) is 31.5 Å².